The minimum Gasteiger partial charge on any atom is -0.468 e. The molecule has 1 aromatic carbocycles. The van der Waals surface area contributed by atoms with E-state index in [1.807, 2.05) is 12.1 Å². The molecule has 0 amide bonds. The zero-order valence-electron chi connectivity index (χ0n) is 9.87. The van der Waals surface area contributed by atoms with Gasteiger partial charge in [0.2, 0.25) is 0 Å². The Hall–Kier alpha value is -1.02. The fourth-order valence-electron chi connectivity index (χ4n) is 1.50. The van der Waals surface area contributed by atoms with Crippen LogP contribution >= 0.6 is 11.6 Å². The van der Waals surface area contributed by atoms with Gasteiger partial charge >= 0.3 is 5.97 Å². The number of methoxy groups -OCH3 is 1. The van der Waals surface area contributed by atoms with Gasteiger partial charge < -0.3 is 4.74 Å². The Balaban J connectivity index is 2.74. The summed E-state index contributed by atoms with van der Waals surface area (Å²) in [4.78, 5) is 11.2. The summed E-state index contributed by atoms with van der Waals surface area (Å²) in [6.45, 7) is 4.27. The van der Waals surface area contributed by atoms with Crippen molar-refractivity contribution in [2.75, 3.05) is 7.11 Å². The van der Waals surface area contributed by atoms with Crippen molar-refractivity contribution in [3.8, 4) is 0 Å². The molecule has 0 aromatic heterocycles. The van der Waals surface area contributed by atoms with E-state index in [1.54, 1.807) is 0 Å². The minimum atomic E-state index is -0.604. The highest BCUT2D eigenvalue weighted by molar-refractivity contribution is 6.30. The maximum Gasteiger partial charge on any atom is 0.324 e. The van der Waals surface area contributed by atoms with Crippen molar-refractivity contribution in [1.82, 2.24) is 0 Å². The summed E-state index contributed by atoms with van der Waals surface area (Å²) in [6.07, 6.45) is 0.509. The van der Waals surface area contributed by atoms with E-state index in [4.69, 9.17) is 11.6 Å². The van der Waals surface area contributed by atoms with Gasteiger partial charge in [-0.2, -0.15) is 0 Å². The third-order valence-electron chi connectivity index (χ3n) is 2.49. The minimum absolute atomic E-state index is 0.378. The molecule has 0 aliphatic heterocycles. The third-order valence-corrected chi connectivity index (χ3v) is 2.82. The van der Waals surface area contributed by atoms with Gasteiger partial charge in [0.25, 0.3) is 0 Å². The van der Waals surface area contributed by atoms with Crippen molar-refractivity contribution in [1.29, 1.82) is 0 Å². The van der Waals surface area contributed by atoms with Crippen LogP contribution in [0, 0.1) is 0 Å². The van der Waals surface area contributed by atoms with Crippen LogP contribution in [0.5, 0.6) is 0 Å². The standard InChI is InChI=1S/C13H17ClO2/c1-9(2)11-6-4-5-10(7-11)8-12(14)13(15)16-3/h4-7,9,12H,8H2,1-3H3. The highest BCUT2D eigenvalue weighted by atomic mass is 35.5. The molecule has 0 N–H and O–H groups in total. The number of halogens is 1. The van der Waals surface area contributed by atoms with Crippen LogP contribution in [0.2, 0.25) is 0 Å². The zero-order chi connectivity index (χ0) is 12.1. The van der Waals surface area contributed by atoms with Crippen LogP contribution in [-0.4, -0.2) is 18.5 Å². The Morgan fingerprint density at radius 1 is 1.44 bits per heavy atom. The number of alkyl halides is 1. The highest BCUT2D eigenvalue weighted by Gasteiger charge is 2.16. The summed E-state index contributed by atoms with van der Waals surface area (Å²) in [5.74, 6) is 0.100. The molecule has 0 saturated carbocycles. The quantitative estimate of drug-likeness (QED) is 0.597. The molecular formula is C13H17ClO2. The van der Waals surface area contributed by atoms with Crippen LogP contribution in [-0.2, 0) is 16.0 Å². The van der Waals surface area contributed by atoms with Crippen molar-refractivity contribution in [3.63, 3.8) is 0 Å². The topological polar surface area (TPSA) is 26.3 Å². The van der Waals surface area contributed by atoms with Gasteiger partial charge in [0.1, 0.15) is 5.38 Å². The molecule has 1 aromatic rings. The lowest BCUT2D eigenvalue weighted by molar-refractivity contribution is -0.140. The van der Waals surface area contributed by atoms with Gasteiger partial charge in [-0.3, -0.25) is 4.79 Å². The summed E-state index contributed by atoms with van der Waals surface area (Å²) in [6, 6.07) is 8.13. The van der Waals surface area contributed by atoms with Crippen LogP contribution in [0.15, 0.2) is 24.3 Å². The van der Waals surface area contributed by atoms with E-state index in [0.29, 0.717) is 12.3 Å². The van der Waals surface area contributed by atoms with Crippen LogP contribution < -0.4 is 0 Å². The van der Waals surface area contributed by atoms with Gasteiger partial charge in [-0.15, -0.1) is 11.6 Å². The Morgan fingerprint density at radius 3 is 2.69 bits per heavy atom. The molecular weight excluding hydrogens is 224 g/mol. The first kappa shape index (κ1) is 13.0. The monoisotopic (exact) mass is 240 g/mol. The maximum atomic E-state index is 11.2. The second kappa shape index (κ2) is 5.90. The van der Waals surface area contributed by atoms with E-state index < -0.39 is 5.38 Å². The van der Waals surface area contributed by atoms with Crippen molar-refractivity contribution in [3.05, 3.63) is 35.4 Å². The van der Waals surface area contributed by atoms with Crippen molar-refractivity contribution < 1.29 is 9.53 Å². The van der Waals surface area contributed by atoms with E-state index >= 15 is 0 Å². The van der Waals surface area contributed by atoms with Gasteiger partial charge in [-0.25, -0.2) is 0 Å². The van der Waals surface area contributed by atoms with Crippen LogP contribution in [0.4, 0.5) is 0 Å². The molecule has 1 unspecified atom stereocenters. The van der Waals surface area contributed by atoms with E-state index in [1.165, 1.54) is 12.7 Å². The van der Waals surface area contributed by atoms with Gasteiger partial charge in [-0.1, -0.05) is 38.1 Å². The Bertz CT molecular complexity index is 361. The Morgan fingerprint density at radius 2 is 2.12 bits per heavy atom. The molecule has 0 aliphatic rings. The molecule has 0 bridgehead atoms. The molecule has 0 radical (unpaired) electrons. The molecule has 0 saturated heterocycles. The summed E-state index contributed by atoms with van der Waals surface area (Å²) in [5.41, 5.74) is 2.32. The molecule has 0 spiro atoms. The molecule has 2 nitrogen and oxygen atoms in total. The first-order chi connectivity index (χ1) is 7.54. The SMILES string of the molecule is COC(=O)C(Cl)Cc1cccc(C(C)C)c1. The zero-order valence-corrected chi connectivity index (χ0v) is 10.6. The molecule has 3 heteroatoms. The number of carbonyl (C=O) groups is 1. The number of ether oxygens (including phenoxy) is 1. The highest BCUT2D eigenvalue weighted by Crippen LogP contribution is 2.17. The predicted octanol–water partition coefficient (Wildman–Crippen LogP) is 3.13. The number of hydrogen-bond donors (Lipinski definition) is 0. The lowest BCUT2D eigenvalue weighted by Gasteiger charge is -2.10. The van der Waals surface area contributed by atoms with Crippen LogP contribution in [0.3, 0.4) is 0 Å². The Kier molecular flexibility index (Phi) is 4.81. The fraction of sp³-hybridized carbons (Fsp3) is 0.462. The number of esters is 1. The Labute approximate surface area is 102 Å². The second-order valence-electron chi connectivity index (χ2n) is 4.09. The van der Waals surface area contributed by atoms with E-state index in [9.17, 15) is 4.79 Å². The third kappa shape index (κ3) is 3.53. The molecule has 1 atom stereocenters. The van der Waals surface area contributed by atoms with Crippen LogP contribution in [0.1, 0.15) is 30.9 Å². The number of rotatable bonds is 4. The summed E-state index contributed by atoms with van der Waals surface area (Å²) in [7, 11) is 1.35. The molecule has 1 rings (SSSR count). The van der Waals surface area contributed by atoms with Gasteiger partial charge in [0.05, 0.1) is 7.11 Å². The van der Waals surface area contributed by atoms with Crippen molar-refractivity contribution in [2.45, 2.75) is 31.6 Å². The number of carbonyl (C=O) groups excluding carboxylic acids is 1. The van der Waals surface area contributed by atoms with Crippen molar-refractivity contribution in [2.24, 2.45) is 0 Å². The summed E-state index contributed by atoms with van der Waals surface area (Å²) in [5, 5.41) is -0.604. The molecule has 88 valence electrons. The van der Waals surface area contributed by atoms with Gasteiger partial charge in [0.15, 0.2) is 0 Å². The largest absolute Gasteiger partial charge is 0.468 e. The summed E-state index contributed by atoms with van der Waals surface area (Å²) >= 11 is 5.92. The first-order valence-corrected chi connectivity index (χ1v) is 5.79. The van der Waals surface area contributed by atoms with E-state index in [0.717, 1.165) is 5.56 Å². The molecule has 16 heavy (non-hydrogen) atoms. The smallest absolute Gasteiger partial charge is 0.324 e. The molecule has 0 fully saturated rings. The second-order valence-corrected chi connectivity index (χ2v) is 4.62. The lowest BCUT2D eigenvalue weighted by atomic mass is 9.99. The molecule has 0 aliphatic carbocycles. The molecule has 0 heterocycles. The average Bonchev–Trinajstić information content (AvgIpc) is 2.28. The average molecular weight is 241 g/mol. The first-order valence-electron chi connectivity index (χ1n) is 5.35. The predicted molar refractivity (Wildman–Crippen MR) is 65.9 cm³/mol. The van der Waals surface area contributed by atoms with Gasteiger partial charge in [0, 0.05) is 0 Å². The fourth-order valence-corrected chi connectivity index (χ4v) is 1.76. The number of hydrogen-bond acceptors (Lipinski definition) is 2. The summed E-state index contributed by atoms with van der Waals surface area (Å²) < 4.78 is 4.59. The normalized spacial score (nSPS) is 12.6. The van der Waals surface area contributed by atoms with E-state index in [2.05, 4.69) is 30.7 Å². The number of benzene rings is 1. The lowest BCUT2D eigenvalue weighted by Crippen LogP contribution is -2.18. The maximum absolute atomic E-state index is 11.2. The van der Waals surface area contributed by atoms with E-state index in [-0.39, 0.29) is 5.97 Å². The van der Waals surface area contributed by atoms with Crippen molar-refractivity contribution >= 4 is 17.6 Å². The van der Waals surface area contributed by atoms with Crippen LogP contribution in [0.25, 0.3) is 0 Å². The van der Waals surface area contributed by atoms with Gasteiger partial charge in [-0.05, 0) is 23.5 Å².